The zero-order valence-electron chi connectivity index (χ0n) is 14.0. The van der Waals surface area contributed by atoms with E-state index in [9.17, 15) is 4.79 Å². The van der Waals surface area contributed by atoms with Gasteiger partial charge in [0.1, 0.15) is 11.8 Å². The van der Waals surface area contributed by atoms with Crippen LogP contribution in [-0.2, 0) is 11.2 Å². The van der Waals surface area contributed by atoms with Gasteiger partial charge >= 0.3 is 6.01 Å². The standard InChI is InChI=1S/C18H17BrN4O3/c19-12-9-20-18(21-10-12)25-13-4-3-7-23(11-13)17(24)8-15-14-5-1-2-6-16(14)26-22-15/h1-2,5-6,9-10,13H,3-4,7-8,11H2. The second kappa shape index (κ2) is 7.41. The number of likely N-dealkylation sites (tertiary alicyclic amines) is 1. The Bertz CT molecular complexity index is 912. The van der Waals surface area contributed by atoms with Crippen molar-refractivity contribution in [3.05, 3.63) is 46.8 Å². The normalized spacial score (nSPS) is 17.4. The SMILES string of the molecule is O=C(Cc1noc2ccccc12)N1CCCC(Oc2ncc(Br)cn2)C1. The molecule has 1 aliphatic rings. The number of carbonyl (C=O) groups excluding carboxylic acids is 1. The van der Waals surface area contributed by atoms with E-state index in [0.717, 1.165) is 29.2 Å². The van der Waals surface area contributed by atoms with Crippen molar-refractivity contribution in [2.45, 2.75) is 25.4 Å². The maximum atomic E-state index is 12.7. The first-order chi connectivity index (χ1) is 12.7. The van der Waals surface area contributed by atoms with E-state index in [1.807, 2.05) is 29.2 Å². The molecule has 0 saturated carbocycles. The molecule has 1 aliphatic heterocycles. The smallest absolute Gasteiger partial charge is 0.316 e. The fraction of sp³-hybridized carbons (Fsp3) is 0.333. The first-order valence-corrected chi connectivity index (χ1v) is 9.23. The van der Waals surface area contributed by atoms with E-state index in [1.165, 1.54) is 0 Å². The molecule has 0 spiro atoms. The van der Waals surface area contributed by atoms with Crippen molar-refractivity contribution in [3.8, 4) is 6.01 Å². The van der Waals surface area contributed by atoms with Gasteiger partial charge in [-0.1, -0.05) is 17.3 Å². The Kier molecular flexibility index (Phi) is 4.83. The second-order valence-electron chi connectivity index (χ2n) is 6.21. The highest BCUT2D eigenvalue weighted by atomic mass is 79.9. The minimum Gasteiger partial charge on any atom is -0.458 e. The number of rotatable bonds is 4. The fourth-order valence-electron chi connectivity index (χ4n) is 3.09. The van der Waals surface area contributed by atoms with Crippen LogP contribution in [0.4, 0.5) is 0 Å². The molecule has 0 N–H and O–H groups in total. The number of ether oxygens (including phenoxy) is 1. The fourth-order valence-corrected chi connectivity index (χ4v) is 3.30. The second-order valence-corrected chi connectivity index (χ2v) is 7.12. The molecular weight excluding hydrogens is 400 g/mol. The summed E-state index contributed by atoms with van der Waals surface area (Å²) in [6.07, 6.45) is 5.15. The van der Waals surface area contributed by atoms with Crippen LogP contribution in [0.3, 0.4) is 0 Å². The highest BCUT2D eigenvalue weighted by Gasteiger charge is 2.26. The van der Waals surface area contributed by atoms with Crippen molar-refractivity contribution < 1.29 is 14.1 Å². The molecule has 0 radical (unpaired) electrons. The third-order valence-corrected chi connectivity index (χ3v) is 4.78. The third-order valence-electron chi connectivity index (χ3n) is 4.37. The molecule has 1 amide bonds. The number of piperidine rings is 1. The van der Waals surface area contributed by atoms with E-state index >= 15 is 0 Å². The monoisotopic (exact) mass is 416 g/mol. The summed E-state index contributed by atoms with van der Waals surface area (Å²) in [6, 6.07) is 7.89. The van der Waals surface area contributed by atoms with Crippen molar-refractivity contribution >= 4 is 32.8 Å². The maximum absolute atomic E-state index is 12.7. The van der Waals surface area contributed by atoms with Gasteiger partial charge in [0.25, 0.3) is 0 Å². The summed E-state index contributed by atoms with van der Waals surface area (Å²) in [6.45, 7) is 1.24. The molecule has 8 heteroatoms. The number of amides is 1. The molecule has 134 valence electrons. The molecule has 0 aliphatic carbocycles. The molecule has 1 unspecified atom stereocenters. The average Bonchev–Trinajstić information content (AvgIpc) is 3.07. The molecule has 4 rings (SSSR count). The summed E-state index contributed by atoms with van der Waals surface area (Å²) < 4.78 is 11.9. The highest BCUT2D eigenvalue weighted by Crippen LogP contribution is 2.21. The quantitative estimate of drug-likeness (QED) is 0.649. The van der Waals surface area contributed by atoms with E-state index in [0.29, 0.717) is 23.8 Å². The predicted octanol–water partition coefficient (Wildman–Crippen LogP) is 2.99. The Labute approximate surface area is 158 Å². The maximum Gasteiger partial charge on any atom is 0.316 e. The van der Waals surface area contributed by atoms with Crippen LogP contribution in [0.2, 0.25) is 0 Å². The van der Waals surface area contributed by atoms with Gasteiger partial charge < -0.3 is 14.2 Å². The number of benzene rings is 1. The van der Waals surface area contributed by atoms with E-state index in [2.05, 4.69) is 31.1 Å². The average molecular weight is 417 g/mol. The lowest BCUT2D eigenvalue weighted by Gasteiger charge is -2.32. The van der Waals surface area contributed by atoms with Crippen LogP contribution in [-0.4, -0.2) is 45.1 Å². The first kappa shape index (κ1) is 17.0. The molecule has 3 heterocycles. The largest absolute Gasteiger partial charge is 0.458 e. The number of para-hydroxylation sites is 1. The Morgan fingerprint density at radius 1 is 1.31 bits per heavy atom. The lowest BCUT2D eigenvalue weighted by atomic mass is 10.1. The summed E-state index contributed by atoms with van der Waals surface area (Å²) in [5, 5.41) is 4.93. The van der Waals surface area contributed by atoms with Gasteiger partial charge in [-0.3, -0.25) is 4.79 Å². The van der Waals surface area contributed by atoms with Gasteiger partial charge in [-0.2, -0.15) is 0 Å². The molecule has 26 heavy (non-hydrogen) atoms. The van der Waals surface area contributed by atoms with Crippen LogP contribution in [0, 0.1) is 0 Å². The van der Waals surface area contributed by atoms with E-state index in [-0.39, 0.29) is 18.4 Å². The molecule has 3 aromatic rings. The van der Waals surface area contributed by atoms with Crippen LogP contribution in [0.25, 0.3) is 11.0 Å². The zero-order chi connectivity index (χ0) is 17.9. The van der Waals surface area contributed by atoms with Crippen molar-refractivity contribution in [2.75, 3.05) is 13.1 Å². The molecule has 1 saturated heterocycles. The van der Waals surface area contributed by atoms with Gasteiger partial charge in [-0.25, -0.2) is 9.97 Å². The van der Waals surface area contributed by atoms with Gasteiger partial charge in [0.05, 0.1) is 17.4 Å². The van der Waals surface area contributed by atoms with Crippen LogP contribution in [0.1, 0.15) is 18.5 Å². The minimum atomic E-state index is -0.108. The number of fused-ring (bicyclic) bond motifs is 1. The van der Waals surface area contributed by atoms with Gasteiger partial charge in [-0.15, -0.1) is 0 Å². The van der Waals surface area contributed by atoms with Gasteiger partial charge in [-0.05, 0) is 40.9 Å². The summed E-state index contributed by atoms with van der Waals surface area (Å²) in [5.41, 5.74) is 1.37. The Balaban J connectivity index is 1.40. The van der Waals surface area contributed by atoms with Crippen LogP contribution in [0.15, 0.2) is 45.7 Å². The molecule has 0 bridgehead atoms. The highest BCUT2D eigenvalue weighted by molar-refractivity contribution is 9.10. The predicted molar refractivity (Wildman–Crippen MR) is 97.7 cm³/mol. The lowest BCUT2D eigenvalue weighted by Crippen LogP contribution is -2.45. The van der Waals surface area contributed by atoms with Gasteiger partial charge in [0.15, 0.2) is 5.58 Å². The van der Waals surface area contributed by atoms with Crippen LogP contribution in [0.5, 0.6) is 6.01 Å². The number of hydrogen-bond donors (Lipinski definition) is 0. The van der Waals surface area contributed by atoms with Crippen molar-refractivity contribution in [1.29, 1.82) is 0 Å². The van der Waals surface area contributed by atoms with E-state index in [4.69, 9.17) is 9.26 Å². The molecule has 1 aromatic carbocycles. The number of nitrogens with zero attached hydrogens (tertiary/aromatic N) is 4. The van der Waals surface area contributed by atoms with Crippen molar-refractivity contribution in [2.24, 2.45) is 0 Å². The van der Waals surface area contributed by atoms with Crippen LogP contribution < -0.4 is 4.74 Å². The van der Waals surface area contributed by atoms with E-state index < -0.39 is 0 Å². The van der Waals surface area contributed by atoms with Gasteiger partial charge in [0, 0.05) is 24.3 Å². The van der Waals surface area contributed by atoms with E-state index in [1.54, 1.807) is 12.4 Å². The number of hydrogen-bond acceptors (Lipinski definition) is 6. The molecule has 1 fully saturated rings. The molecule has 1 atom stereocenters. The first-order valence-electron chi connectivity index (χ1n) is 8.44. The lowest BCUT2D eigenvalue weighted by molar-refractivity contribution is -0.133. The molecule has 7 nitrogen and oxygen atoms in total. The summed E-state index contributed by atoms with van der Waals surface area (Å²) in [4.78, 5) is 22.8. The minimum absolute atomic E-state index is 0.0223. The van der Waals surface area contributed by atoms with Crippen molar-refractivity contribution in [1.82, 2.24) is 20.0 Å². The van der Waals surface area contributed by atoms with Crippen LogP contribution >= 0.6 is 15.9 Å². The zero-order valence-corrected chi connectivity index (χ0v) is 15.6. The number of halogens is 1. The number of carbonyl (C=O) groups is 1. The van der Waals surface area contributed by atoms with Crippen molar-refractivity contribution in [3.63, 3.8) is 0 Å². The summed E-state index contributed by atoms with van der Waals surface area (Å²) in [5.74, 6) is 0.0223. The Hall–Kier alpha value is -2.48. The summed E-state index contributed by atoms with van der Waals surface area (Å²) >= 11 is 3.30. The molecule has 2 aromatic heterocycles. The third kappa shape index (κ3) is 3.70. The topological polar surface area (TPSA) is 81.4 Å². The Morgan fingerprint density at radius 2 is 2.12 bits per heavy atom. The number of aromatic nitrogens is 3. The van der Waals surface area contributed by atoms with Gasteiger partial charge in [0.2, 0.25) is 5.91 Å². The molecular formula is C18H17BrN4O3. The summed E-state index contributed by atoms with van der Waals surface area (Å²) in [7, 11) is 0. The Morgan fingerprint density at radius 3 is 2.96 bits per heavy atom.